The number of carbonyl (C=O) groups is 2. The molecule has 0 radical (unpaired) electrons. The summed E-state index contributed by atoms with van der Waals surface area (Å²) in [7, 11) is 7.15. The summed E-state index contributed by atoms with van der Waals surface area (Å²) in [6.07, 6.45) is 1.74. The second-order valence-electron chi connectivity index (χ2n) is 5.35. The van der Waals surface area contributed by atoms with Crippen LogP contribution in [0.15, 0.2) is 12.3 Å². The van der Waals surface area contributed by atoms with Crippen LogP contribution in [-0.2, 0) is 11.8 Å². The third-order valence-corrected chi connectivity index (χ3v) is 3.59. The molecule has 2 heterocycles. The summed E-state index contributed by atoms with van der Waals surface area (Å²) in [4.78, 5) is 29.8. The first-order valence-electron chi connectivity index (χ1n) is 6.60. The van der Waals surface area contributed by atoms with Crippen LogP contribution in [0.25, 0.3) is 0 Å². The fourth-order valence-electron chi connectivity index (χ4n) is 2.31. The van der Waals surface area contributed by atoms with Crippen molar-refractivity contribution in [2.45, 2.75) is 6.04 Å². The van der Waals surface area contributed by atoms with Gasteiger partial charge in [0.25, 0.3) is 5.91 Å². The molecule has 1 unspecified atom stereocenters. The second-order valence-corrected chi connectivity index (χ2v) is 5.35. The third kappa shape index (κ3) is 2.82. The molecule has 20 heavy (non-hydrogen) atoms. The number of aryl methyl sites for hydroxylation is 1. The molecule has 1 atom stereocenters. The Hall–Kier alpha value is -1.89. The minimum atomic E-state index is -0.286. The van der Waals surface area contributed by atoms with Gasteiger partial charge in [0.2, 0.25) is 5.91 Å². The summed E-state index contributed by atoms with van der Waals surface area (Å²) in [5.74, 6) is -0.0960. The lowest BCUT2D eigenvalue weighted by Crippen LogP contribution is -2.58. The number of nitrogens with zero attached hydrogens (tertiary/aromatic N) is 5. The molecule has 7 nitrogen and oxygen atoms in total. The number of piperazine rings is 1. The van der Waals surface area contributed by atoms with Crippen molar-refractivity contribution in [1.29, 1.82) is 0 Å². The molecule has 1 saturated heterocycles. The van der Waals surface area contributed by atoms with Gasteiger partial charge in [0.1, 0.15) is 11.7 Å². The van der Waals surface area contributed by atoms with E-state index in [4.69, 9.17) is 0 Å². The Morgan fingerprint density at radius 2 is 2.00 bits per heavy atom. The van der Waals surface area contributed by atoms with Crippen LogP contribution >= 0.6 is 0 Å². The third-order valence-electron chi connectivity index (χ3n) is 3.59. The van der Waals surface area contributed by atoms with Gasteiger partial charge in [-0.15, -0.1) is 0 Å². The summed E-state index contributed by atoms with van der Waals surface area (Å²) in [6.45, 7) is 1.70. The molecule has 110 valence electrons. The van der Waals surface area contributed by atoms with Gasteiger partial charge < -0.3 is 9.80 Å². The van der Waals surface area contributed by atoms with Crippen molar-refractivity contribution in [2.75, 3.05) is 40.8 Å². The van der Waals surface area contributed by atoms with Gasteiger partial charge in [-0.1, -0.05) is 0 Å². The smallest absolute Gasteiger partial charge is 0.274 e. The number of hydrogen-bond donors (Lipinski definition) is 0. The summed E-state index contributed by atoms with van der Waals surface area (Å²) in [5, 5.41) is 4.13. The standard InChI is InChI=1S/C13H21N5O2/c1-15(2)13(20)11-9-18(8-7-16(11)3)12(19)10-5-6-17(4)14-10/h5-6,11H,7-9H2,1-4H3. The Labute approximate surface area is 118 Å². The molecule has 0 bridgehead atoms. The number of rotatable bonds is 2. The molecule has 1 aliphatic heterocycles. The molecule has 1 aromatic heterocycles. The molecule has 0 aromatic carbocycles. The number of amides is 2. The average molecular weight is 279 g/mol. The Morgan fingerprint density at radius 3 is 2.55 bits per heavy atom. The Morgan fingerprint density at radius 1 is 1.30 bits per heavy atom. The fraction of sp³-hybridized carbons (Fsp3) is 0.615. The van der Waals surface area contributed by atoms with E-state index < -0.39 is 0 Å². The van der Waals surface area contributed by atoms with Gasteiger partial charge in [0, 0.05) is 47.0 Å². The quantitative estimate of drug-likeness (QED) is 0.716. The van der Waals surface area contributed by atoms with Gasteiger partial charge in [-0.2, -0.15) is 5.10 Å². The molecule has 1 aliphatic rings. The summed E-state index contributed by atoms with van der Waals surface area (Å²) < 4.78 is 1.60. The first kappa shape index (κ1) is 14.5. The van der Waals surface area contributed by atoms with Crippen molar-refractivity contribution in [2.24, 2.45) is 7.05 Å². The van der Waals surface area contributed by atoms with E-state index in [0.29, 0.717) is 25.3 Å². The topological polar surface area (TPSA) is 61.7 Å². The van der Waals surface area contributed by atoms with E-state index in [9.17, 15) is 9.59 Å². The van der Waals surface area contributed by atoms with Crippen LogP contribution in [0.3, 0.4) is 0 Å². The number of hydrogen-bond acceptors (Lipinski definition) is 4. The highest BCUT2D eigenvalue weighted by Crippen LogP contribution is 2.12. The molecule has 1 aromatic rings. The Bertz CT molecular complexity index is 511. The molecule has 0 aliphatic carbocycles. The summed E-state index contributed by atoms with van der Waals surface area (Å²) in [5.41, 5.74) is 0.424. The highest BCUT2D eigenvalue weighted by Gasteiger charge is 2.33. The minimum absolute atomic E-state index is 0.0195. The lowest BCUT2D eigenvalue weighted by molar-refractivity contribution is -0.135. The van der Waals surface area contributed by atoms with Crippen molar-refractivity contribution in [3.05, 3.63) is 18.0 Å². The SMILES string of the molecule is CN(C)C(=O)C1CN(C(=O)c2ccn(C)n2)CCN1C. The van der Waals surface area contributed by atoms with Crippen molar-refractivity contribution in [3.8, 4) is 0 Å². The van der Waals surface area contributed by atoms with Crippen LogP contribution in [0, 0.1) is 0 Å². The maximum Gasteiger partial charge on any atom is 0.274 e. The fourth-order valence-corrected chi connectivity index (χ4v) is 2.31. The zero-order chi connectivity index (χ0) is 14.9. The molecule has 7 heteroatoms. The number of carbonyl (C=O) groups excluding carboxylic acids is 2. The van der Waals surface area contributed by atoms with E-state index in [1.54, 1.807) is 47.9 Å². The van der Waals surface area contributed by atoms with Gasteiger partial charge >= 0.3 is 0 Å². The van der Waals surface area contributed by atoms with Crippen LogP contribution < -0.4 is 0 Å². The molecule has 0 spiro atoms. The lowest BCUT2D eigenvalue weighted by Gasteiger charge is -2.39. The first-order chi connectivity index (χ1) is 9.40. The van der Waals surface area contributed by atoms with Crippen LogP contribution in [-0.4, -0.2) is 83.1 Å². The molecule has 0 saturated carbocycles. The maximum atomic E-state index is 12.4. The summed E-state index contributed by atoms with van der Waals surface area (Å²) in [6, 6.07) is 1.41. The number of aromatic nitrogens is 2. The van der Waals surface area contributed by atoms with E-state index in [1.807, 2.05) is 11.9 Å². The number of likely N-dealkylation sites (N-methyl/N-ethyl adjacent to an activating group) is 2. The van der Waals surface area contributed by atoms with Crippen LogP contribution in [0.4, 0.5) is 0 Å². The molecule has 2 rings (SSSR count). The highest BCUT2D eigenvalue weighted by molar-refractivity contribution is 5.93. The van der Waals surface area contributed by atoms with Gasteiger partial charge in [0.05, 0.1) is 0 Å². The monoisotopic (exact) mass is 279 g/mol. The summed E-state index contributed by atoms with van der Waals surface area (Å²) >= 11 is 0. The molecular weight excluding hydrogens is 258 g/mol. The van der Waals surface area contributed by atoms with Gasteiger partial charge in [-0.05, 0) is 13.1 Å². The van der Waals surface area contributed by atoms with Crippen LogP contribution in [0.2, 0.25) is 0 Å². The predicted molar refractivity (Wildman–Crippen MR) is 74.2 cm³/mol. The van der Waals surface area contributed by atoms with E-state index in [-0.39, 0.29) is 17.9 Å². The van der Waals surface area contributed by atoms with Gasteiger partial charge in [-0.25, -0.2) is 0 Å². The van der Waals surface area contributed by atoms with E-state index in [1.165, 1.54) is 0 Å². The second kappa shape index (κ2) is 5.62. The van der Waals surface area contributed by atoms with Crippen molar-refractivity contribution < 1.29 is 9.59 Å². The van der Waals surface area contributed by atoms with E-state index in [0.717, 1.165) is 0 Å². The lowest BCUT2D eigenvalue weighted by atomic mass is 10.1. The van der Waals surface area contributed by atoms with Gasteiger partial charge in [0.15, 0.2) is 0 Å². The van der Waals surface area contributed by atoms with Crippen LogP contribution in [0.5, 0.6) is 0 Å². The average Bonchev–Trinajstić information content (AvgIpc) is 2.84. The van der Waals surface area contributed by atoms with Crippen molar-refractivity contribution >= 4 is 11.8 Å². The Kier molecular flexibility index (Phi) is 4.08. The largest absolute Gasteiger partial charge is 0.347 e. The molecule has 0 N–H and O–H groups in total. The van der Waals surface area contributed by atoms with Crippen LogP contribution in [0.1, 0.15) is 10.5 Å². The van der Waals surface area contributed by atoms with E-state index >= 15 is 0 Å². The zero-order valence-corrected chi connectivity index (χ0v) is 12.4. The Balaban J connectivity index is 2.10. The molecule has 1 fully saturated rings. The zero-order valence-electron chi connectivity index (χ0n) is 12.4. The van der Waals surface area contributed by atoms with E-state index in [2.05, 4.69) is 5.10 Å². The van der Waals surface area contributed by atoms with Crippen molar-refractivity contribution in [3.63, 3.8) is 0 Å². The van der Waals surface area contributed by atoms with Crippen molar-refractivity contribution in [1.82, 2.24) is 24.5 Å². The normalized spacial score (nSPS) is 20.0. The molecule has 2 amide bonds. The first-order valence-corrected chi connectivity index (χ1v) is 6.60. The maximum absolute atomic E-state index is 12.4. The minimum Gasteiger partial charge on any atom is -0.347 e. The predicted octanol–water partition coefficient (Wildman–Crippen LogP) is -0.735. The molecular formula is C13H21N5O2. The highest BCUT2D eigenvalue weighted by atomic mass is 16.2. The van der Waals surface area contributed by atoms with Gasteiger partial charge in [-0.3, -0.25) is 19.2 Å².